The first-order valence-electron chi connectivity index (χ1n) is 5.06. The summed E-state index contributed by atoms with van der Waals surface area (Å²) in [7, 11) is 0. The third kappa shape index (κ3) is 2.52. The first kappa shape index (κ1) is 11.0. The molecule has 0 atom stereocenters. The van der Waals surface area contributed by atoms with E-state index in [1.807, 2.05) is 18.2 Å². The Bertz CT molecular complexity index is 359. The zero-order valence-electron chi connectivity index (χ0n) is 9.05. The zero-order valence-corrected chi connectivity index (χ0v) is 10.6. The van der Waals surface area contributed by atoms with Crippen LogP contribution in [-0.2, 0) is 4.74 Å². The Hall–Kier alpha value is -0.540. The summed E-state index contributed by atoms with van der Waals surface area (Å²) in [6.45, 7) is 6.59. The van der Waals surface area contributed by atoms with E-state index >= 15 is 0 Å². The van der Waals surface area contributed by atoms with Gasteiger partial charge < -0.3 is 9.47 Å². The summed E-state index contributed by atoms with van der Waals surface area (Å²) in [4.78, 5) is 0. The lowest BCUT2D eigenvalue weighted by atomic mass is 9.90. The Labute approximate surface area is 98.7 Å². The molecule has 82 valence electrons. The molecule has 2 rings (SSSR count). The molecule has 0 aliphatic carbocycles. The molecule has 1 aromatic rings. The van der Waals surface area contributed by atoms with Crippen molar-refractivity contribution in [3.63, 3.8) is 0 Å². The first-order valence-corrected chi connectivity index (χ1v) is 5.85. The molecule has 0 bridgehead atoms. The minimum Gasteiger partial charge on any atom is -0.493 e. The zero-order chi connectivity index (χ0) is 10.9. The smallest absolute Gasteiger partial charge is 0.119 e. The standard InChI is InChI=1S/C12H15BrO2/c1-9-5-10(3-4-11(9)13)15-8-12(2)6-14-7-12/h3-5H,6-8H2,1-2H3. The third-order valence-corrected chi connectivity index (χ3v) is 3.51. The molecule has 0 spiro atoms. The van der Waals surface area contributed by atoms with Crippen molar-refractivity contribution in [3.8, 4) is 5.75 Å². The maximum absolute atomic E-state index is 5.75. The predicted molar refractivity (Wildman–Crippen MR) is 63.3 cm³/mol. The molecule has 1 saturated heterocycles. The van der Waals surface area contributed by atoms with Crippen molar-refractivity contribution in [2.24, 2.45) is 5.41 Å². The summed E-state index contributed by atoms with van der Waals surface area (Å²) in [6.07, 6.45) is 0. The van der Waals surface area contributed by atoms with E-state index in [-0.39, 0.29) is 5.41 Å². The number of hydrogen-bond acceptors (Lipinski definition) is 2. The monoisotopic (exact) mass is 270 g/mol. The summed E-state index contributed by atoms with van der Waals surface area (Å²) in [5, 5.41) is 0. The Morgan fingerprint density at radius 1 is 1.47 bits per heavy atom. The van der Waals surface area contributed by atoms with E-state index in [0.29, 0.717) is 0 Å². The number of benzene rings is 1. The minimum absolute atomic E-state index is 0.209. The van der Waals surface area contributed by atoms with Crippen molar-refractivity contribution in [2.75, 3.05) is 19.8 Å². The topological polar surface area (TPSA) is 18.5 Å². The Balaban J connectivity index is 1.96. The van der Waals surface area contributed by atoms with Gasteiger partial charge >= 0.3 is 0 Å². The molecule has 0 unspecified atom stereocenters. The van der Waals surface area contributed by atoms with Gasteiger partial charge in [0, 0.05) is 9.89 Å². The summed E-state index contributed by atoms with van der Waals surface area (Å²) < 4.78 is 12.0. The lowest BCUT2D eigenvalue weighted by Crippen LogP contribution is -2.44. The molecule has 1 fully saturated rings. The second-order valence-corrected chi connectivity index (χ2v) is 5.36. The number of ether oxygens (including phenoxy) is 2. The molecule has 0 amide bonds. The molecule has 1 aliphatic rings. The van der Waals surface area contributed by atoms with Crippen LogP contribution in [0.5, 0.6) is 5.75 Å². The van der Waals surface area contributed by atoms with Crippen LogP contribution in [0.1, 0.15) is 12.5 Å². The summed E-state index contributed by atoms with van der Waals surface area (Å²) in [5.41, 5.74) is 1.41. The molecule has 0 N–H and O–H groups in total. The fraction of sp³-hybridized carbons (Fsp3) is 0.500. The number of aryl methyl sites for hydroxylation is 1. The molecular weight excluding hydrogens is 256 g/mol. The fourth-order valence-electron chi connectivity index (χ4n) is 1.50. The molecule has 1 aromatic carbocycles. The maximum Gasteiger partial charge on any atom is 0.119 e. The van der Waals surface area contributed by atoms with Gasteiger partial charge in [-0.1, -0.05) is 22.9 Å². The normalized spacial score (nSPS) is 18.3. The second kappa shape index (κ2) is 4.14. The van der Waals surface area contributed by atoms with Gasteiger partial charge in [-0.2, -0.15) is 0 Å². The van der Waals surface area contributed by atoms with E-state index in [9.17, 15) is 0 Å². The fourth-order valence-corrected chi connectivity index (χ4v) is 1.75. The summed E-state index contributed by atoms with van der Waals surface area (Å²) >= 11 is 3.47. The first-order chi connectivity index (χ1) is 7.09. The second-order valence-electron chi connectivity index (χ2n) is 4.50. The van der Waals surface area contributed by atoms with E-state index in [1.165, 1.54) is 5.56 Å². The minimum atomic E-state index is 0.209. The Morgan fingerprint density at radius 3 is 2.73 bits per heavy atom. The lowest BCUT2D eigenvalue weighted by Gasteiger charge is -2.37. The van der Waals surface area contributed by atoms with Gasteiger partial charge in [0.2, 0.25) is 0 Å². The number of rotatable bonds is 3. The SMILES string of the molecule is Cc1cc(OCC2(C)COC2)ccc1Br. The molecule has 15 heavy (non-hydrogen) atoms. The largest absolute Gasteiger partial charge is 0.493 e. The van der Waals surface area contributed by atoms with Gasteiger partial charge in [0.25, 0.3) is 0 Å². The Morgan fingerprint density at radius 2 is 2.20 bits per heavy atom. The highest BCUT2D eigenvalue weighted by molar-refractivity contribution is 9.10. The van der Waals surface area contributed by atoms with Crippen molar-refractivity contribution < 1.29 is 9.47 Å². The molecule has 3 heteroatoms. The molecule has 0 aromatic heterocycles. The highest BCUT2D eigenvalue weighted by Crippen LogP contribution is 2.28. The Kier molecular flexibility index (Phi) is 3.03. The number of halogens is 1. The van der Waals surface area contributed by atoms with Gasteiger partial charge in [-0.05, 0) is 30.7 Å². The van der Waals surface area contributed by atoms with Crippen LogP contribution in [0.3, 0.4) is 0 Å². The van der Waals surface area contributed by atoms with E-state index < -0.39 is 0 Å². The van der Waals surface area contributed by atoms with Crippen molar-refractivity contribution in [2.45, 2.75) is 13.8 Å². The van der Waals surface area contributed by atoms with Crippen molar-refractivity contribution in [3.05, 3.63) is 28.2 Å². The molecular formula is C12H15BrO2. The van der Waals surface area contributed by atoms with Crippen LogP contribution < -0.4 is 4.74 Å². The van der Waals surface area contributed by atoms with Crippen LogP contribution in [-0.4, -0.2) is 19.8 Å². The molecule has 0 saturated carbocycles. The average molecular weight is 271 g/mol. The van der Waals surface area contributed by atoms with Crippen LogP contribution >= 0.6 is 15.9 Å². The van der Waals surface area contributed by atoms with E-state index in [4.69, 9.17) is 9.47 Å². The van der Waals surface area contributed by atoms with Gasteiger partial charge in [-0.15, -0.1) is 0 Å². The van der Waals surface area contributed by atoms with Crippen LogP contribution in [0.25, 0.3) is 0 Å². The van der Waals surface area contributed by atoms with E-state index in [2.05, 4.69) is 29.8 Å². The summed E-state index contributed by atoms with van der Waals surface area (Å²) in [5.74, 6) is 0.934. The quantitative estimate of drug-likeness (QED) is 0.840. The van der Waals surface area contributed by atoms with Gasteiger partial charge in [0.15, 0.2) is 0 Å². The average Bonchev–Trinajstić information content (AvgIpc) is 2.17. The molecule has 0 radical (unpaired) electrons. The number of hydrogen-bond donors (Lipinski definition) is 0. The van der Waals surface area contributed by atoms with Crippen LogP contribution in [0.2, 0.25) is 0 Å². The predicted octanol–water partition coefficient (Wildman–Crippen LogP) is 3.17. The van der Waals surface area contributed by atoms with Gasteiger partial charge in [0.05, 0.1) is 19.8 Å². The highest BCUT2D eigenvalue weighted by atomic mass is 79.9. The summed E-state index contributed by atoms with van der Waals surface area (Å²) in [6, 6.07) is 6.05. The highest BCUT2D eigenvalue weighted by Gasteiger charge is 2.34. The molecule has 1 aliphatic heterocycles. The van der Waals surface area contributed by atoms with Crippen LogP contribution in [0, 0.1) is 12.3 Å². The van der Waals surface area contributed by atoms with E-state index in [0.717, 1.165) is 30.0 Å². The van der Waals surface area contributed by atoms with Crippen molar-refractivity contribution in [1.82, 2.24) is 0 Å². The maximum atomic E-state index is 5.75. The van der Waals surface area contributed by atoms with Crippen molar-refractivity contribution >= 4 is 15.9 Å². The van der Waals surface area contributed by atoms with Crippen LogP contribution in [0.15, 0.2) is 22.7 Å². The van der Waals surface area contributed by atoms with E-state index in [1.54, 1.807) is 0 Å². The van der Waals surface area contributed by atoms with Gasteiger partial charge in [-0.25, -0.2) is 0 Å². The van der Waals surface area contributed by atoms with Gasteiger partial charge in [0.1, 0.15) is 5.75 Å². The molecule has 2 nitrogen and oxygen atoms in total. The third-order valence-electron chi connectivity index (χ3n) is 2.62. The lowest BCUT2D eigenvalue weighted by molar-refractivity contribution is -0.120. The van der Waals surface area contributed by atoms with Gasteiger partial charge in [-0.3, -0.25) is 0 Å². The molecule has 1 heterocycles. The van der Waals surface area contributed by atoms with Crippen molar-refractivity contribution in [1.29, 1.82) is 0 Å². The van der Waals surface area contributed by atoms with Crippen LogP contribution in [0.4, 0.5) is 0 Å².